The van der Waals surface area contributed by atoms with Crippen LogP contribution in [0.3, 0.4) is 0 Å². The molecule has 1 rings (SSSR count). The van der Waals surface area contributed by atoms with Crippen LogP contribution in [-0.4, -0.2) is 144 Å². The Balaban J connectivity index is 4.22. The minimum absolute atomic E-state index is 0.129. The molecule has 1 heterocycles. The molecule has 0 aliphatic carbocycles. The van der Waals surface area contributed by atoms with E-state index in [2.05, 4.69) is 0 Å². The molecular weight excluding hydrogens is 825 g/mol. The van der Waals surface area contributed by atoms with Gasteiger partial charge in [0.05, 0.1) is 0 Å². The van der Waals surface area contributed by atoms with Crippen LogP contribution in [0.4, 0.5) is 0 Å². The van der Waals surface area contributed by atoms with Crippen molar-refractivity contribution in [1.82, 2.24) is 19.6 Å². The van der Waals surface area contributed by atoms with E-state index in [1.165, 1.54) is 47.8 Å². The third kappa shape index (κ3) is 16.0. The first-order valence-corrected chi connectivity index (χ1v) is 23.3. The molecule has 8 atom stereocenters. The van der Waals surface area contributed by atoms with Gasteiger partial charge in [0.25, 0.3) is 23.6 Å². The maximum Gasteiger partial charge on any atom is 0.329 e. The summed E-state index contributed by atoms with van der Waals surface area (Å²) < 4.78 is 24.0. The predicted molar refractivity (Wildman–Crippen MR) is 243 cm³/mol. The van der Waals surface area contributed by atoms with E-state index >= 15 is 0 Å². The second-order valence-corrected chi connectivity index (χ2v) is 20.8. The lowest BCUT2D eigenvalue weighted by atomic mass is 9.98. The fourth-order valence-corrected chi connectivity index (χ4v) is 7.55. The second kappa shape index (κ2) is 25.5. The Hall–Kier alpha value is -4.24. The summed E-state index contributed by atoms with van der Waals surface area (Å²) in [5.74, 6) is -9.05. The molecule has 16 heteroatoms. The van der Waals surface area contributed by atoms with Gasteiger partial charge in [0.1, 0.15) is 24.2 Å². The molecular formula is C48H84N4O12. The largest absolute Gasteiger partial charge is 0.450 e. The second-order valence-electron chi connectivity index (χ2n) is 20.8. The highest BCUT2D eigenvalue weighted by Crippen LogP contribution is 2.26. The Morgan fingerprint density at radius 3 is 0.562 bits per heavy atom. The van der Waals surface area contributed by atoms with Crippen LogP contribution in [0.15, 0.2) is 0 Å². The number of rotatable bonds is 12. The van der Waals surface area contributed by atoms with Gasteiger partial charge >= 0.3 is 23.9 Å². The van der Waals surface area contributed by atoms with Crippen molar-refractivity contribution in [2.24, 2.45) is 47.3 Å². The van der Waals surface area contributed by atoms with E-state index in [1.54, 1.807) is 55.4 Å². The Bertz CT molecular complexity index is 1380. The van der Waals surface area contributed by atoms with Crippen molar-refractivity contribution in [3.8, 4) is 0 Å². The molecule has 0 unspecified atom stereocenters. The van der Waals surface area contributed by atoms with E-state index < -0.39 is 120 Å². The lowest BCUT2D eigenvalue weighted by Gasteiger charge is -2.37. The van der Waals surface area contributed by atoms with Gasteiger partial charge < -0.3 is 38.5 Å². The Labute approximate surface area is 384 Å². The van der Waals surface area contributed by atoms with Crippen LogP contribution in [0.2, 0.25) is 0 Å². The number of carbonyl (C=O) groups is 8. The van der Waals surface area contributed by atoms with Crippen molar-refractivity contribution in [2.45, 2.75) is 185 Å². The molecule has 0 saturated carbocycles. The van der Waals surface area contributed by atoms with Gasteiger partial charge in [-0.1, -0.05) is 111 Å². The number of ether oxygens (including phenoxy) is 4. The first kappa shape index (κ1) is 57.8. The zero-order valence-corrected chi connectivity index (χ0v) is 42.8. The van der Waals surface area contributed by atoms with E-state index in [1.807, 2.05) is 55.4 Å². The van der Waals surface area contributed by atoms with E-state index in [0.29, 0.717) is 0 Å². The van der Waals surface area contributed by atoms with Crippen molar-refractivity contribution >= 4 is 47.5 Å². The molecule has 0 aromatic carbocycles. The molecule has 0 spiro atoms. The maximum absolute atomic E-state index is 14.4. The van der Waals surface area contributed by atoms with Gasteiger partial charge in [-0.25, -0.2) is 19.2 Å². The van der Waals surface area contributed by atoms with Crippen LogP contribution in [0, 0.1) is 47.3 Å². The van der Waals surface area contributed by atoms with Crippen LogP contribution in [-0.2, 0) is 57.3 Å². The molecule has 0 radical (unpaired) electrons. The zero-order valence-electron chi connectivity index (χ0n) is 42.8. The molecule has 1 saturated heterocycles. The first-order chi connectivity index (χ1) is 29.4. The average Bonchev–Trinajstić information content (AvgIpc) is 3.18. The molecule has 16 nitrogen and oxygen atoms in total. The number of likely N-dealkylation sites (N-methyl/N-ethyl adjacent to an activating group) is 4. The fraction of sp³-hybridized carbons (Fsp3) is 0.833. The van der Waals surface area contributed by atoms with E-state index in [9.17, 15) is 38.4 Å². The average molecular weight is 909 g/mol. The molecule has 0 aromatic rings. The number of esters is 4. The Morgan fingerprint density at radius 2 is 0.453 bits per heavy atom. The summed E-state index contributed by atoms with van der Waals surface area (Å²) in [6.07, 6.45) is -5.02. The molecule has 0 N–H and O–H groups in total. The van der Waals surface area contributed by atoms with E-state index in [-0.39, 0.29) is 49.4 Å². The van der Waals surface area contributed by atoms with Gasteiger partial charge in [0.15, 0.2) is 24.4 Å². The van der Waals surface area contributed by atoms with Crippen LogP contribution in [0.25, 0.3) is 0 Å². The lowest BCUT2D eigenvalue weighted by Crippen LogP contribution is -2.56. The fourth-order valence-electron chi connectivity index (χ4n) is 7.55. The third-order valence-electron chi connectivity index (χ3n) is 11.5. The van der Waals surface area contributed by atoms with Crippen LogP contribution in [0.5, 0.6) is 0 Å². The van der Waals surface area contributed by atoms with Crippen molar-refractivity contribution in [1.29, 1.82) is 0 Å². The van der Waals surface area contributed by atoms with Crippen LogP contribution < -0.4 is 0 Å². The normalized spacial score (nSPS) is 26.6. The lowest BCUT2D eigenvalue weighted by molar-refractivity contribution is -0.180. The van der Waals surface area contributed by atoms with Crippen molar-refractivity contribution in [3.63, 3.8) is 0 Å². The first-order valence-electron chi connectivity index (χ1n) is 23.3. The molecule has 368 valence electrons. The number of nitrogens with zero attached hydrogens (tertiary/aromatic N) is 4. The van der Waals surface area contributed by atoms with Gasteiger partial charge in [-0.05, 0) is 73.0 Å². The minimum atomic E-state index is -1.39. The summed E-state index contributed by atoms with van der Waals surface area (Å²) >= 11 is 0. The van der Waals surface area contributed by atoms with Crippen LogP contribution in [0.1, 0.15) is 136 Å². The topological polar surface area (TPSA) is 186 Å². The van der Waals surface area contributed by atoms with Gasteiger partial charge in [-0.3, -0.25) is 19.2 Å². The molecule has 0 aromatic heterocycles. The molecule has 1 fully saturated rings. The third-order valence-corrected chi connectivity index (χ3v) is 11.5. The maximum atomic E-state index is 14.4. The summed E-state index contributed by atoms with van der Waals surface area (Å²) in [7, 11) is 5.65. The highest BCUT2D eigenvalue weighted by Gasteiger charge is 2.45. The summed E-state index contributed by atoms with van der Waals surface area (Å²) in [6, 6.07) is -4.83. The minimum Gasteiger partial charge on any atom is -0.450 e. The van der Waals surface area contributed by atoms with Crippen molar-refractivity contribution < 1.29 is 57.3 Å². The predicted octanol–water partition coefficient (Wildman–Crippen LogP) is 5.76. The SMILES string of the molecule is CC(C)C[C@@H]1C(=O)O[C@@H](C(C)C)C(=O)N(C)[C@@H](CC(C)C)C(=O)O[C@H](C(C)C)C(=O)N(C)[C@@H](CC(C)C)C(=O)O[C@H](C(C)C)C(=O)N(C)[C@H](CC(C)C)C(=O)O[C@H](C(C)C)C(=O)N1C. The molecule has 64 heavy (non-hydrogen) atoms. The number of hydrogen-bond acceptors (Lipinski definition) is 12. The molecule has 1 aliphatic rings. The number of carbonyl (C=O) groups excluding carboxylic acids is 8. The summed E-state index contributed by atoms with van der Waals surface area (Å²) in [5, 5.41) is 0. The summed E-state index contributed by atoms with van der Waals surface area (Å²) in [5.41, 5.74) is 0. The number of cyclic esters (lactones) is 4. The summed E-state index contributed by atoms with van der Waals surface area (Å²) in [6.45, 7) is 28.4. The highest BCUT2D eigenvalue weighted by molar-refractivity contribution is 5.94. The van der Waals surface area contributed by atoms with E-state index in [0.717, 1.165) is 0 Å². The number of hydrogen-bond donors (Lipinski definition) is 0. The molecule has 4 amide bonds. The highest BCUT2D eigenvalue weighted by atomic mass is 16.6. The smallest absolute Gasteiger partial charge is 0.329 e. The van der Waals surface area contributed by atoms with Crippen LogP contribution >= 0.6 is 0 Å². The Kier molecular flexibility index (Phi) is 23.0. The molecule has 1 aliphatic heterocycles. The number of amides is 4. The molecule has 0 bridgehead atoms. The zero-order chi connectivity index (χ0) is 49.8. The Morgan fingerprint density at radius 1 is 0.312 bits per heavy atom. The van der Waals surface area contributed by atoms with E-state index in [4.69, 9.17) is 18.9 Å². The van der Waals surface area contributed by atoms with Gasteiger partial charge in [-0.2, -0.15) is 0 Å². The van der Waals surface area contributed by atoms with Crippen molar-refractivity contribution in [2.75, 3.05) is 28.2 Å². The van der Waals surface area contributed by atoms with Gasteiger partial charge in [-0.15, -0.1) is 0 Å². The quantitative estimate of drug-likeness (QED) is 0.171. The summed E-state index contributed by atoms with van der Waals surface area (Å²) in [4.78, 5) is 120. The van der Waals surface area contributed by atoms with Gasteiger partial charge in [0, 0.05) is 28.2 Å². The van der Waals surface area contributed by atoms with Gasteiger partial charge in [0.2, 0.25) is 0 Å². The standard InChI is InChI=1S/C48H84N4O12/c1-25(2)21-33-45(57)61-38(30(11)12)42(54)50(18)35(23-27(5)6)47(59)63-40(32(15)16)44(56)52(20)36(24-28(7)8)48(60)64-39(31(13)14)43(55)51(19)34(22-26(3)4)46(58)62-37(29(9)10)41(53)49(33)17/h25-40H,21-24H2,1-20H3/t33-,34-,35+,36+,37-,38+,39-,40-/m1/s1. The monoisotopic (exact) mass is 909 g/mol. The van der Waals surface area contributed by atoms with Crippen molar-refractivity contribution in [3.05, 3.63) is 0 Å².